The van der Waals surface area contributed by atoms with Crippen LogP contribution in [0.15, 0.2) is 18.2 Å². The van der Waals surface area contributed by atoms with Gasteiger partial charge in [0.2, 0.25) is 0 Å². The fourth-order valence-electron chi connectivity index (χ4n) is 1.93. The van der Waals surface area contributed by atoms with E-state index >= 15 is 0 Å². The third kappa shape index (κ3) is 3.92. The molecule has 0 nitrogen and oxygen atoms in total. The Balaban J connectivity index is 2.51. The highest BCUT2D eigenvalue weighted by atomic mass is 19.1. The normalized spacial score (nSPS) is 12.8. The van der Waals surface area contributed by atoms with Gasteiger partial charge in [0, 0.05) is 0 Å². The first-order valence-electron chi connectivity index (χ1n) is 6.10. The van der Waals surface area contributed by atoms with Crippen molar-refractivity contribution in [1.82, 2.24) is 0 Å². The van der Waals surface area contributed by atoms with Crippen LogP contribution in [-0.2, 0) is 0 Å². The molecular weight excluding hydrogens is 206 g/mol. The summed E-state index contributed by atoms with van der Waals surface area (Å²) < 4.78 is 26.4. The molecular formula is C14H20F2. The van der Waals surface area contributed by atoms with Crippen molar-refractivity contribution in [2.45, 2.75) is 51.9 Å². The summed E-state index contributed by atoms with van der Waals surface area (Å²) in [5.41, 5.74) is 0.511. The molecule has 0 amide bonds. The molecule has 0 heterocycles. The van der Waals surface area contributed by atoms with Crippen LogP contribution in [0.4, 0.5) is 8.78 Å². The van der Waals surface area contributed by atoms with E-state index in [0.29, 0.717) is 5.56 Å². The summed E-state index contributed by atoms with van der Waals surface area (Å²) in [5.74, 6) is -0.534. The zero-order valence-electron chi connectivity index (χ0n) is 10.1. The number of rotatable bonds is 6. The summed E-state index contributed by atoms with van der Waals surface area (Å²) in [6.45, 7) is 4.12. The first kappa shape index (κ1) is 13.1. The molecule has 1 atom stereocenters. The summed E-state index contributed by atoms with van der Waals surface area (Å²) in [5, 5.41) is 0. The van der Waals surface area contributed by atoms with Gasteiger partial charge in [-0.25, -0.2) is 8.78 Å². The van der Waals surface area contributed by atoms with E-state index in [4.69, 9.17) is 0 Å². The Kier molecular flexibility index (Phi) is 5.44. The zero-order valence-corrected chi connectivity index (χ0v) is 10.1. The monoisotopic (exact) mass is 226 g/mol. The van der Waals surface area contributed by atoms with E-state index in [1.807, 2.05) is 6.92 Å². The van der Waals surface area contributed by atoms with Crippen LogP contribution < -0.4 is 0 Å². The highest BCUT2D eigenvalue weighted by molar-refractivity contribution is 5.22. The molecule has 0 saturated heterocycles. The number of benzene rings is 1. The third-order valence-electron chi connectivity index (χ3n) is 2.98. The van der Waals surface area contributed by atoms with E-state index in [9.17, 15) is 8.78 Å². The van der Waals surface area contributed by atoms with E-state index in [-0.39, 0.29) is 17.6 Å². The van der Waals surface area contributed by atoms with Crippen molar-refractivity contribution in [3.8, 4) is 0 Å². The molecule has 0 fully saturated rings. The van der Waals surface area contributed by atoms with Gasteiger partial charge in [0.05, 0.1) is 0 Å². The van der Waals surface area contributed by atoms with Crippen LogP contribution in [0.25, 0.3) is 0 Å². The van der Waals surface area contributed by atoms with Gasteiger partial charge in [-0.15, -0.1) is 0 Å². The van der Waals surface area contributed by atoms with Gasteiger partial charge in [0.1, 0.15) is 11.6 Å². The highest BCUT2D eigenvalue weighted by Gasteiger charge is 2.11. The van der Waals surface area contributed by atoms with Gasteiger partial charge in [0.25, 0.3) is 0 Å². The molecule has 0 aliphatic heterocycles. The maximum atomic E-state index is 13.4. The Morgan fingerprint density at radius 1 is 1.12 bits per heavy atom. The van der Waals surface area contributed by atoms with Gasteiger partial charge in [0.15, 0.2) is 0 Å². The van der Waals surface area contributed by atoms with Gasteiger partial charge in [-0.3, -0.25) is 0 Å². The fraction of sp³-hybridized carbons (Fsp3) is 0.571. The molecule has 0 aliphatic rings. The van der Waals surface area contributed by atoms with Gasteiger partial charge in [-0.2, -0.15) is 0 Å². The molecule has 0 aliphatic carbocycles. The van der Waals surface area contributed by atoms with Gasteiger partial charge in [-0.1, -0.05) is 39.5 Å². The summed E-state index contributed by atoms with van der Waals surface area (Å²) in [6, 6.07) is 3.70. The SMILES string of the molecule is CCCCCCC(C)c1cc(F)ccc1F. The van der Waals surface area contributed by atoms with Crippen molar-refractivity contribution in [3.63, 3.8) is 0 Å². The predicted molar refractivity (Wildman–Crippen MR) is 63.5 cm³/mol. The van der Waals surface area contributed by atoms with Crippen LogP contribution in [-0.4, -0.2) is 0 Å². The van der Waals surface area contributed by atoms with E-state index in [2.05, 4.69) is 6.92 Å². The second-order valence-corrected chi connectivity index (χ2v) is 4.42. The van der Waals surface area contributed by atoms with Gasteiger partial charge >= 0.3 is 0 Å². The molecule has 0 N–H and O–H groups in total. The Morgan fingerprint density at radius 2 is 1.88 bits per heavy atom. The minimum atomic E-state index is -0.350. The Hall–Kier alpha value is -0.920. The van der Waals surface area contributed by atoms with Gasteiger partial charge in [-0.05, 0) is 36.1 Å². The van der Waals surface area contributed by atoms with Crippen molar-refractivity contribution in [2.24, 2.45) is 0 Å². The maximum absolute atomic E-state index is 13.4. The smallest absolute Gasteiger partial charge is 0.126 e. The summed E-state index contributed by atoms with van der Waals surface area (Å²) >= 11 is 0. The first-order valence-corrected chi connectivity index (χ1v) is 6.10. The average molecular weight is 226 g/mol. The lowest BCUT2D eigenvalue weighted by atomic mass is 9.94. The highest BCUT2D eigenvalue weighted by Crippen LogP contribution is 2.25. The number of hydrogen-bond acceptors (Lipinski definition) is 0. The van der Waals surface area contributed by atoms with Crippen molar-refractivity contribution in [2.75, 3.05) is 0 Å². The molecule has 0 saturated carbocycles. The van der Waals surface area contributed by atoms with E-state index in [1.165, 1.54) is 37.5 Å². The minimum absolute atomic E-state index is 0.104. The molecule has 0 aromatic heterocycles. The number of halogens is 2. The van der Waals surface area contributed by atoms with E-state index in [0.717, 1.165) is 12.8 Å². The number of unbranched alkanes of at least 4 members (excludes halogenated alkanes) is 3. The maximum Gasteiger partial charge on any atom is 0.126 e. The summed E-state index contributed by atoms with van der Waals surface area (Å²) in [6.07, 6.45) is 5.62. The third-order valence-corrected chi connectivity index (χ3v) is 2.98. The zero-order chi connectivity index (χ0) is 12.0. The van der Waals surface area contributed by atoms with Crippen LogP contribution in [0.5, 0.6) is 0 Å². The number of hydrogen-bond donors (Lipinski definition) is 0. The second-order valence-electron chi connectivity index (χ2n) is 4.42. The molecule has 16 heavy (non-hydrogen) atoms. The first-order chi connectivity index (χ1) is 7.65. The Labute approximate surface area is 96.7 Å². The lowest BCUT2D eigenvalue weighted by Gasteiger charge is -2.12. The van der Waals surface area contributed by atoms with Crippen LogP contribution in [0.2, 0.25) is 0 Å². The molecule has 0 spiro atoms. The summed E-state index contributed by atoms with van der Waals surface area (Å²) in [4.78, 5) is 0. The van der Waals surface area contributed by atoms with Crippen LogP contribution in [0, 0.1) is 11.6 Å². The standard InChI is InChI=1S/C14H20F2/c1-3-4-5-6-7-11(2)13-10-12(15)8-9-14(13)16/h8-11H,3-7H2,1-2H3. The topological polar surface area (TPSA) is 0 Å². The lowest BCUT2D eigenvalue weighted by molar-refractivity contribution is 0.534. The Morgan fingerprint density at radius 3 is 2.56 bits per heavy atom. The lowest BCUT2D eigenvalue weighted by Crippen LogP contribution is -1.98. The molecule has 90 valence electrons. The summed E-state index contributed by atoms with van der Waals surface area (Å²) in [7, 11) is 0. The molecule has 2 heteroatoms. The van der Waals surface area contributed by atoms with Crippen molar-refractivity contribution in [3.05, 3.63) is 35.4 Å². The molecule has 1 rings (SSSR count). The van der Waals surface area contributed by atoms with Crippen molar-refractivity contribution in [1.29, 1.82) is 0 Å². The van der Waals surface area contributed by atoms with Crippen LogP contribution >= 0.6 is 0 Å². The molecule has 1 aromatic rings. The molecule has 0 radical (unpaired) electrons. The predicted octanol–water partition coefficient (Wildman–Crippen LogP) is 5.04. The van der Waals surface area contributed by atoms with Crippen molar-refractivity contribution >= 4 is 0 Å². The largest absolute Gasteiger partial charge is 0.207 e. The van der Waals surface area contributed by atoms with E-state index in [1.54, 1.807) is 0 Å². The van der Waals surface area contributed by atoms with E-state index < -0.39 is 0 Å². The van der Waals surface area contributed by atoms with Crippen molar-refractivity contribution < 1.29 is 8.78 Å². The van der Waals surface area contributed by atoms with Gasteiger partial charge < -0.3 is 0 Å². The fourth-order valence-corrected chi connectivity index (χ4v) is 1.93. The van der Waals surface area contributed by atoms with Crippen LogP contribution in [0.1, 0.15) is 57.4 Å². The van der Waals surface area contributed by atoms with Crippen LogP contribution in [0.3, 0.4) is 0 Å². The molecule has 0 bridgehead atoms. The molecule has 1 unspecified atom stereocenters. The quantitative estimate of drug-likeness (QED) is 0.596. The molecule has 1 aromatic carbocycles. The minimum Gasteiger partial charge on any atom is -0.207 e. The average Bonchev–Trinajstić information content (AvgIpc) is 2.27. The second kappa shape index (κ2) is 6.62. The Bertz CT molecular complexity index is 321.